The highest BCUT2D eigenvalue weighted by Crippen LogP contribution is 2.17. The van der Waals surface area contributed by atoms with Crippen LogP contribution in [0.2, 0.25) is 0 Å². The van der Waals surface area contributed by atoms with Crippen molar-refractivity contribution < 1.29 is 19.1 Å². The lowest BCUT2D eigenvalue weighted by molar-refractivity contribution is -0.149. The molecule has 1 atom stereocenters. The Labute approximate surface area is 157 Å². The molecule has 3 amide bonds. The number of esters is 1. The molecule has 0 aromatic heterocycles. The van der Waals surface area contributed by atoms with Gasteiger partial charge in [-0.1, -0.05) is 25.0 Å². The van der Waals surface area contributed by atoms with Crippen LogP contribution in [0.3, 0.4) is 0 Å². The van der Waals surface area contributed by atoms with Gasteiger partial charge in [-0.2, -0.15) is 0 Å². The molecule has 0 unspecified atom stereocenters. The molecule has 0 aliphatic heterocycles. The van der Waals surface area contributed by atoms with Crippen molar-refractivity contribution in [2.24, 2.45) is 0 Å². The first-order valence-electron chi connectivity index (χ1n) is 8.62. The molecule has 1 aliphatic rings. The number of rotatable bonds is 6. The van der Waals surface area contributed by atoms with E-state index < -0.39 is 24.0 Å². The third-order valence-electron chi connectivity index (χ3n) is 4.12. The van der Waals surface area contributed by atoms with E-state index in [1.54, 1.807) is 17.8 Å². The van der Waals surface area contributed by atoms with Crippen LogP contribution >= 0.6 is 11.8 Å². The molecule has 0 bridgehead atoms. The molecule has 2 rings (SSSR count). The Bertz CT molecular complexity index is 667. The zero-order chi connectivity index (χ0) is 18.9. The van der Waals surface area contributed by atoms with E-state index in [1.165, 1.54) is 13.0 Å². The molecule has 0 saturated heterocycles. The van der Waals surface area contributed by atoms with Crippen molar-refractivity contribution in [1.29, 1.82) is 0 Å². The van der Waals surface area contributed by atoms with E-state index in [9.17, 15) is 14.4 Å². The van der Waals surface area contributed by atoms with Crippen molar-refractivity contribution in [1.82, 2.24) is 10.6 Å². The smallest absolute Gasteiger partial charge is 0.331 e. The van der Waals surface area contributed by atoms with Crippen LogP contribution in [-0.4, -0.2) is 36.3 Å². The van der Waals surface area contributed by atoms with Crippen molar-refractivity contribution in [3.8, 4) is 0 Å². The lowest BCUT2D eigenvalue weighted by Crippen LogP contribution is -2.47. The molecular weight excluding hydrogens is 352 g/mol. The quantitative estimate of drug-likeness (QED) is 0.453. The van der Waals surface area contributed by atoms with Gasteiger partial charge >= 0.3 is 12.0 Å². The number of imide groups is 1. The van der Waals surface area contributed by atoms with Gasteiger partial charge in [0, 0.05) is 17.0 Å². The number of carbonyl (C=O) groups excluding carboxylic acids is 3. The third kappa shape index (κ3) is 6.55. The number of benzene rings is 1. The molecule has 0 spiro atoms. The summed E-state index contributed by atoms with van der Waals surface area (Å²) >= 11 is 1.64. The minimum absolute atomic E-state index is 0.112. The Balaban J connectivity index is 1.76. The van der Waals surface area contributed by atoms with Crippen molar-refractivity contribution in [3.05, 3.63) is 35.9 Å². The van der Waals surface area contributed by atoms with Gasteiger partial charge in [-0.15, -0.1) is 11.8 Å². The number of thioether (sulfide) groups is 1. The molecule has 0 radical (unpaired) electrons. The average molecular weight is 376 g/mol. The first kappa shape index (κ1) is 20.0. The molecular formula is C19H24N2O4S. The fourth-order valence-electron chi connectivity index (χ4n) is 2.65. The van der Waals surface area contributed by atoms with E-state index in [0.29, 0.717) is 0 Å². The van der Waals surface area contributed by atoms with E-state index in [1.807, 2.05) is 30.5 Å². The Morgan fingerprint density at radius 3 is 2.46 bits per heavy atom. The van der Waals surface area contributed by atoms with E-state index >= 15 is 0 Å². The van der Waals surface area contributed by atoms with E-state index in [4.69, 9.17) is 4.74 Å². The highest BCUT2D eigenvalue weighted by Gasteiger charge is 2.22. The van der Waals surface area contributed by atoms with Gasteiger partial charge in [0.05, 0.1) is 0 Å². The lowest BCUT2D eigenvalue weighted by atomic mass is 10.2. The third-order valence-corrected chi connectivity index (χ3v) is 4.86. The SMILES string of the molecule is CSc1ccc(/C=C/C(=O)O[C@H](C)C(=O)NC(=O)NC2CCCC2)cc1. The largest absolute Gasteiger partial charge is 0.449 e. The van der Waals surface area contributed by atoms with Crippen LogP contribution in [0.25, 0.3) is 6.08 Å². The molecule has 1 aromatic carbocycles. The number of amides is 3. The maximum atomic E-state index is 11.9. The monoisotopic (exact) mass is 376 g/mol. The number of hydrogen-bond acceptors (Lipinski definition) is 5. The fraction of sp³-hybridized carbons (Fsp3) is 0.421. The number of hydrogen-bond donors (Lipinski definition) is 2. The van der Waals surface area contributed by atoms with Crippen LogP contribution in [0.5, 0.6) is 0 Å². The summed E-state index contributed by atoms with van der Waals surface area (Å²) in [6.07, 6.45) is 7.82. The van der Waals surface area contributed by atoms with Crippen molar-refractivity contribution in [3.63, 3.8) is 0 Å². The van der Waals surface area contributed by atoms with Gasteiger partial charge in [-0.25, -0.2) is 9.59 Å². The van der Waals surface area contributed by atoms with Crippen LogP contribution in [0.1, 0.15) is 38.2 Å². The summed E-state index contributed by atoms with van der Waals surface area (Å²) in [5.41, 5.74) is 0.854. The maximum absolute atomic E-state index is 11.9. The van der Waals surface area contributed by atoms with Gasteiger partial charge in [0.25, 0.3) is 5.91 Å². The summed E-state index contributed by atoms with van der Waals surface area (Å²) in [4.78, 5) is 36.7. The summed E-state index contributed by atoms with van der Waals surface area (Å²) in [6.45, 7) is 1.43. The first-order chi connectivity index (χ1) is 12.5. The topological polar surface area (TPSA) is 84.5 Å². The average Bonchev–Trinajstić information content (AvgIpc) is 3.13. The summed E-state index contributed by atoms with van der Waals surface area (Å²) in [6, 6.07) is 7.25. The minimum atomic E-state index is -1.06. The molecule has 1 aliphatic carbocycles. The highest BCUT2D eigenvalue weighted by atomic mass is 32.2. The second-order valence-corrected chi connectivity index (χ2v) is 7.01. The highest BCUT2D eigenvalue weighted by molar-refractivity contribution is 7.98. The molecule has 2 N–H and O–H groups in total. The lowest BCUT2D eigenvalue weighted by Gasteiger charge is -2.15. The summed E-state index contributed by atoms with van der Waals surface area (Å²) < 4.78 is 5.03. The Hall–Kier alpha value is -2.28. The summed E-state index contributed by atoms with van der Waals surface area (Å²) in [7, 11) is 0. The number of urea groups is 1. The van der Waals surface area contributed by atoms with Gasteiger partial charge in [-0.3, -0.25) is 10.1 Å². The van der Waals surface area contributed by atoms with Crippen molar-refractivity contribution in [2.45, 2.75) is 49.6 Å². The Kier molecular flexibility index (Phi) is 7.72. The molecule has 1 saturated carbocycles. The van der Waals surface area contributed by atoms with Gasteiger partial charge in [0.15, 0.2) is 6.10 Å². The van der Waals surface area contributed by atoms with Crippen molar-refractivity contribution in [2.75, 3.05) is 6.26 Å². The van der Waals surface area contributed by atoms with E-state index in [0.717, 1.165) is 36.1 Å². The van der Waals surface area contributed by atoms with Crippen LogP contribution in [0.4, 0.5) is 4.79 Å². The fourth-order valence-corrected chi connectivity index (χ4v) is 3.06. The predicted octanol–water partition coefficient (Wildman–Crippen LogP) is 3.12. The van der Waals surface area contributed by atoms with Crippen molar-refractivity contribution >= 4 is 35.7 Å². The molecule has 1 aromatic rings. The Morgan fingerprint density at radius 2 is 1.85 bits per heavy atom. The number of carbonyl (C=O) groups is 3. The summed E-state index contributed by atoms with van der Waals surface area (Å²) in [5.74, 6) is -1.29. The second-order valence-electron chi connectivity index (χ2n) is 6.13. The Morgan fingerprint density at radius 1 is 1.19 bits per heavy atom. The standard InChI is InChI=1S/C19H24N2O4S/c1-13(18(23)21-19(24)20-15-5-3-4-6-15)25-17(22)12-9-14-7-10-16(26-2)11-8-14/h7-13,15H,3-6H2,1-2H3,(H2,20,21,23,24)/b12-9+/t13-/m1/s1. The number of ether oxygens (including phenoxy) is 1. The predicted molar refractivity (Wildman–Crippen MR) is 102 cm³/mol. The van der Waals surface area contributed by atoms with Crippen LogP contribution in [0, 0.1) is 0 Å². The van der Waals surface area contributed by atoms with E-state index in [2.05, 4.69) is 10.6 Å². The first-order valence-corrected chi connectivity index (χ1v) is 9.84. The maximum Gasteiger partial charge on any atom is 0.331 e. The second kappa shape index (κ2) is 10.0. The zero-order valence-corrected chi connectivity index (χ0v) is 15.8. The van der Waals surface area contributed by atoms with Crippen LogP contribution in [0.15, 0.2) is 35.2 Å². The zero-order valence-electron chi connectivity index (χ0n) is 15.0. The molecule has 6 nitrogen and oxygen atoms in total. The number of nitrogens with one attached hydrogen (secondary N) is 2. The van der Waals surface area contributed by atoms with E-state index in [-0.39, 0.29) is 6.04 Å². The van der Waals surface area contributed by atoms with Gasteiger partial charge in [0.2, 0.25) is 0 Å². The van der Waals surface area contributed by atoms with Gasteiger partial charge < -0.3 is 10.1 Å². The molecule has 0 heterocycles. The van der Waals surface area contributed by atoms with Crippen LogP contribution < -0.4 is 10.6 Å². The van der Waals surface area contributed by atoms with Gasteiger partial charge in [0.1, 0.15) is 0 Å². The molecule has 7 heteroatoms. The molecule has 1 fully saturated rings. The van der Waals surface area contributed by atoms with Gasteiger partial charge in [-0.05, 0) is 49.8 Å². The molecule has 140 valence electrons. The summed E-state index contributed by atoms with van der Waals surface area (Å²) in [5, 5.41) is 4.95. The van der Waals surface area contributed by atoms with Crippen LogP contribution in [-0.2, 0) is 14.3 Å². The minimum Gasteiger partial charge on any atom is -0.449 e. The molecule has 26 heavy (non-hydrogen) atoms. The normalized spacial score (nSPS) is 15.6.